The van der Waals surface area contributed by atoms with E-state index in [1.807, 2.05) is 18.2 Å². The van der Waals surface area contributed by atoms with Crippen molar-refractivity contribution in [1.82, 2.24) is 9.62 Å². The molecule has 24 heavy (non-hydrogen) atoms. The highest BCUT2D eigenvalue weighted by atomic mass is 32.2. The maximum atomic E-state index is 13.1. The quantitative estimate of drug-likeness (QED) is 0.846. The molecule has 1 aliphatic rings. The van der Waals surface area contributed by atoms with Crippen LogP contribution in [0, 0.1) is 0 Å². The van der Waals surface area contributed by atoms with Crippen LogP contribution in [-0.4, -0.2) is 37.8 Å². The molecule has 0 bridgehead atoms. The molecule has 0 spiro atoms. The Morgan fingerprint density at radius 2 is 2.00 bits per heavy atom. The van der Waals surface area contributed by atoms with E-state index in [0.717, 1.165) is 5.39 Å². The monoisotopic (exact) mass is 342 g/mol. The van der Waals surface area contributed by atoms with Gasteiger partial charge < -0.3 is 5.32 Å². The van der Waals surface area contributed by atoms with Gasteiger partial charge in [0, 0.05) is 18.5 Å². The lowest BCUT2D eigenvalue weighted by Gasteiger charge is -2.23. The third kappa shape index (κ3) is 2.86. The molecule has 124 valence electrons. The summed E-state index contributed by atoms with van der Waals surface area (Å²) in [6.45, 7) is 4.02. The number of hydrogen-bond donors (Lipinski definition) is 1. The topological polar surface area (TPSA) is 66.5 Å². The number of nitrogens with zero attached hydrogens (tertiary/aromatic N) is 1. The molecule has 0 radical (unpaired) electrons. The summed E-state index contributed by atoms with van der Waals surface area (Å²) in [6, 6.07) is 11.6. The van der Waals surface area contributed by atoms with Gasteiger partial charge in [-0.25, -0.2) is 8.42 Å². The highest BCUT2D eigenvalue weighted by Gasteiger charge is 2.37. The Bertz CT molecular complexity index is 914. The van der Waals surface area contributed by atoms with Gasteiger partial charge in [0.05, 0.1) is 4.90 Å². The molecule has 1 amide bonds. The number of carbonyl (C=O) groups is 1. The lowest BCUT2D eigenvalue weighted by atomic mass is 10.1. The van der Waals surface area contributed by atoms with Crippen LogP contribution < -0.4 is 5.32 Å². The molecule has 0 aromatic heterocycles. The molecule has 3 rings (SSSR count). The van der Waals surface area contributed by atoms with E-state index in [1.54, 1.807) is 42.5 Å². The summed E-state index contributed by atoms with van der Waals surface area (Å²) in [7, 11) is -3.80. The third-order valence-corrected chi connectivity index (χ3v) is 5.84. The van der Waals surface area contributed by atoms with Gasteiger partial charge in [-0.3, -0.25) is 4.79 Å². The first kappa shape index (κ1) is 16.4. The van der Waals surface area contributed by atoms with E-state index in [2.05, 4.69) is 11.9 Å². The maximum Gasteiger partial charge on any atom is 0.244 e. The number of carbonyl (C=O) groups excluding carboxylic acids is 1. The molecule has 2 aromatic carbocycles. The van der Waals surface area contributed by atoms with Gasteiger partial charge in [0.15, 0.2) is 0 Å². The maximum absolute atomic E-state index is 13.1. The molecule has 6 heteroatoms. The van der Waals surface area contributed by atoms with Crippen LogP contribution in [0.1, 0.15) is 0 Å². The minimum atomic E-state index is -3.80. The molecule has 1 aliphatic heterocycles. The van der Waals surface area contributed by atoms with Gasteiger partial charge >= 0.3 is 0 Å². The van der Waals surface area contributed by atoms with E-state index in [0.29, 0.717) is 11.9 Å². The van der Waals surface area contributed by atoms with E-state index in [-0.39, 0.29) is 17.3 Å². The standard InChI is InChI=1S/C18H18N2O3S/c1-2-12-19-18(21)16-10-6-13-20(16)24(22,23)17-11-5-8-14-7-3-4-9-15(14)17/h2-11,16H,1,12-13H2,(H,19,21)/t16-/m0/s1. The summed E-state index contributed by atoms with van der Waals surface area (Å²) in [5.41, 5.74) is 0. The summed E-state index contributed by atoms with van der Waals surface area (Å²) in [5.74, 6) is -0.354. The van der Waals surface area contributed by atoms with E-state index >= 15 is 0 Å². The van der Waals surface area contributed by atoms with Crippen molar-refractivity contribution < 1.29 is 13.2 Å². The van der Waals surface area contributed by atoms with E-state index in [1.165, 1.54) is 4.31 Å². The molecule has 1 atom stereocenters. The summed E-state index contributed by atoms with van der Waals surface area (Å²) >= 11 is 0. The van der Waals surface area contributed by atoms with Crippen molar-refractivity contribution in [3.63, 3.8) is 0 Å². The van der Waals surface area contributed by atoms with Crippen LogP contribution in [0.25, 0.3) is 10.8 Å². The number of hydrogen-bond acceptors (Lipinski definition) is 3. The fraction of sp³-hybridized carbons (Fsp3) is 0.167. The van der Waals surface area contributed by atoms with Crippen molar-refractivity contribution in [2.45, 2.75) is 10.9 Å². The Labute approximate surface area is 141 Å². The molecule has 0 saturated carbocycles. The lowest BCUT2D eigenvalue weighted by Crippen LogP contribution is -2.46. The Morgan fingerprint density at radius 1 is 1.25 bits per heavy atom. The van der Waals surface area contributed by atoms with Gasteiger partial charge in [0.1, 0.15) is 6.04 Å². The molecule has 0 saturated heterocycles. The lowest BCUT2D eigenvalue weighted by molar-refractivity contribution is -0.122. The molecule has 1 heterocycles. The number of amides is 1. The number of sulfonamides is 1. The average molecular weight is 342 g/mol. The second-order valence-corrected chi connectivity index (χ2v) is 7.32. The number of nitrogens with one attached hydrogen (secondary N) is 1. The second kappa shape index (κ2) is 6.59. The van der Waals surface area contributed by atoms with Gasteiger partial charge in [0.25, 0.3) is 0 Å². The first-order valence-corrected chi connectivity index (χ1v) is 9.04. The molecule has 5 nitrogen and oxygen atoms in total. The van der Waals surface area contributed by atoms with Crippen molar-refractivity contribution >= 4 is 26.7 Å². The first-order chi connectivity index (χ1) is 11.6. The highest BCUT2D eigenvalue weighted by Crippen LogP contribution is 2.28. The SMILES string of the molecule is C=CCNC(=O)[C@@H]1C=CCN1S(=O)(=O)c1cccc2ccccc12. The highest BCUT2D eigenvalue weighted by molar-refractivity contribution is 7.89. The first-order valence-electron chi connectivity index (χ1n) is 7.60. The Morgan fingerprint density at radius 3 is 2.79 bits per heavy atom. The zero-order chi connectivity index (χ0) is 17.2. The van der Waals surface area contributed by atoms with Crippen LogP contribution in [0.4, 0.5) is 0 Å². The van der Waals surface area contributed by atoms with Crippen molar-refractivity contribution in [3.8, 4) is 0 Å². The molecular weight excluding hydrogens is 324 g/mol. The van der Waals surface area contributed by atoms with Gasteiger partial charge in [-0.1, -0.05) is 54.6 Å². The summed E-state index contributed by atoms with van der Waals surface area (Å²) < 4.78 is 27.5. The summed E-state index contributed by atoms with van der Waals surface area (Å²) in [4.78, 5) is 12.5. The van der Waals surface area contributed by atoms with E-state index in [4.69, 9.17) is 0 Å². The molecule has 0 fully saturated rings. The van der Waals surface area contributed by atoms with Crippen LogP contribution >= 0.6 is 0 Å². The molecular formula is C18H18N2O3S. The smallest absolute Gasteiger partial charge is 0.244 e. The number of rotatable bonds is 5. The molecule has 0 unspecified atom stereocenters. The van der Waals surface area contributed by atoms with Crippen LogP contribution in [0.15, 0.2) is 72.2 Å². The minimum Gasteiger partial charge on any atom is -0.351 e. The van der Waals surface area contributed by atoms with Crippen LogP contribution in [0.2, 0.25) is 0 Å². The fourth-order valence-corrected chi connectivity index (χ4v) is 4.51. The Kier molecular flexibility index (Phi) is 4.51. The normalized spacial score (nSPS) is 17.9. The van der Waals surface area contributed by atoms with Gasteiger partial charge in [-0.2, -0.15) is 4.31 Å². The Balaban J connectivity index is 2.00. The van der Waals surface area contributed by atoms with E-state index in [9.17, 15) is 13.2 Å². The Hall–Kier alpha value is -2.44. The van der Waals surface area contributed by atoms with Gasteiger partial charge in [-0.05, 0) is 11.5 Å². The zero-order valence-corrected chi connectivity index (χ0v) is 13.9. The summed E-state index contributed by atoms with van der Waals surface area (Å²) in [6.07, 6.45) is 4.86. The number of fused-ring (bicyclic) bond motifs is 1. The van der Waals surface area contributed by atoms with Crippen LogP contribution in [0.5, 0.6) is 0 Å². The van der Waals surface area contributed by atoms with Gasteiger partial charge in [-0.15, -0.1) is 6.58 Å². The number of benzene rings is 2. The molecule has 1 N–H and O–H groups in total. The predicted molar refractivity (Wildman–Crippen MR) is 94.0 cm³/mol. The average Bonchev–Trinajstić information content (AvgIpc) is 3.10. The van der Waals surface area contributed by atoms with Crippen LogP contribution in [-0.2, 0) is 14.8 Å². The minimum absolute atomic E-state index is 0.178. The largest absolute Gasteiger partial charge is 0.351 e. The second-order valence-electron chi connectivity index (χ2n) is 5.46. The van der Waals surface area contributed by atoms with Crippen LogP contribution in [0.3, 0.4) is 0 Å². The van der Waals surface area contributed by atoms with Crippen molar-refractivity contribution in [1.29, 1.82) is 0 Å². The van der Waals surface area contributed by atoms with Crippen molar-refractivity contribution in [2.24, 2.45) is 0 Å². The third-order valence-electron chi connectivity index (χ3n) is 3.94. The van der Waals surface area contributed by atoms with Gasteiger partial charge in [0.2, 0.25) is 15.9 Å². The summed E-state index contributed by atoms with van der Waals surface area (Å²) in [5, 5.41) is 4.15. The van der Waals surface area contributed by atoms with Crippen molar-refractivity contribution in [2.75, 3.05) is 13.1 Å². The fourth-order valence-electron chi connectivity index (χ4n) is 2.79. The zero-order valence-electron chi connectivity index (χ0n) is 13.1. The predicted octanol–water partition coefficient (Wildman–Crippen LogP) is 2.07. The van der Waals surface area contributed by atoms with E-state index < -0.39 is 16.1 Å². The molecule has 0 aliphatic carbocycles. The van der Waals surface area contributed by atoms with Crippen molar-refractivity contribution in [3.05, 3.63) is 67.3 Å². The molecule has 2 aromatic rings.